The first-order chi connectivity index (χ1) is 24.3. The standard InChI is InChI=1S/C19H21ClFNO2.C14H17F2N3O2.C6H12O/c1-10-6-14(20)7-11(2)18(10)13-5-12(3)19(21)15(8-13)16(22-4)9-17(23)24;15-14(16)6-13(7-14)8-18(9-13)4-5-19-3-1-2-10(11(17)20)12(19)21;1-6(2)4-3-5-7/h5-8,16,22H,9H2,1-4H3,(H,23,24);1-3H,4-9H2,(H2,17,20);5-6H,3-4H2,1-2H3/t16-;;/m0../s1. The molecule has 1 aliphatic carbocycles. The van der Waals surface area contributed by atoms with Crippen LogP contribution in [0.2, 0.25) is 5.02 Å². The maximum absolute atomic E-state index is 14.6. The quantitative estimate of drug-likeness (QED) is 0.168. The molecule has 1 aromatic heterocycles. The third-order valence-corrected chi connectivity index (χ3v) is 9.58. The number of carbonyl (C=O) groups is 3. The molecule has 3 aromatic rings. The molecule has 1 saturated carbocycles. The van der Waals surface area contributed by atoms with Crippen molar-refractivity contribution in [2.45, 2.75) is 85.2 Å². The number of amides is 1. The van der Waals surface area contributed by atoms with E-state index in [0.717, 1.165) is 41.4 Å². The number of alkyl halides is 2. The minimum absolute atomic E-state index is 0.0202. The van der Waals surface area contributed by atoms with Crippen molar-refractivity contribution >= 4 is 29.8 Å². The first kappa shape index (κ1) is 42.4. The van der Waals surface area contributed by atoms with Gasteiger partial charge in [-0.05, 0) is 104 Å². The summed E-state index contributed by atoms with van der Waals surface area (Å²) in [5.74, 6) is -3.91. The van der Waals surface area contributed by atoms with Gasteiger partial charge in [0.2, 0.25) is 5.92 Å². The van der Waals surface area contributed by atoms with Crippen LogP contribution in [-0.4, -0.2) is 65.3 Å². The van der Waals surface area contributed by atoms with Gasteiger partial charge in [0.15, 0.2) is 0 Å². The number of primary amides is 1. The molecule has 13 heteroatoms. The van der Waals surface area contributed by atoms with Crippen molar-refractivity contribution in [1.82, 2.24) is 14.8 Å². The van der Waals surface area contributed by atoms with E-state index in [1.54, 1.807) is 38.4 Å². The molecule has 1 amide bonds. The van der Waals surface area contributed by atoms with Crippen LogP contribution in [0.3, 0.4) is 0 Å². The van der Waals surface area contributed by atoms with Crippen molar-refractivity contribution in [3.8, 4) is 11.1 Å². The number of aryl methyl sites for hydroxylation is 3. The Balaban J connectivity index is 0.000000239. The highest BCUT2D eigenvalue weighted by Crippen LogP contribution is 2.56. The van der Waals surface area contributed by atoms with E-state index in [9.17, 15) is 32.3 Å². The maximum Gasteiger partial charge on any atom is 0.305 e. The van der Waals surface area contributed by atoms with E-state index in [4.69, 9.17) is 22.4 Å². The molecule has 1 atom stereocenters. The van der Waals surface area contributed by atoms with E-state index in [0.29, 0.717) is 48.2 Å². The van der Waals surface area contributed by atoms with Gasteiger partial charge in [-0.15, -0.1) is 0 Å². The Morgan fingerprint density at radius 2 is 1.67 bits per heavy atom. The number of aromatic nitrogens is 1. The number of carboxylic acids is 1. The van der Waals surface area contributed by atoms with E-state index in [-0.39, 0.29) is 36.1 Å². The van der Waals surface area contributed by atoms with Crippen molar-refractivity contribution in [1.29, 1.82) is 0 Å². The number of nitrogens with zero attached hydrogens (tertiary/aromatic N) is 2. The van der Waals surface area contributed by atoms with Crippen LogP contribution in [-0.2, 0) is 16.1 Å². The van der Waals surface area contributed by atoms with Gasteiger partial charge in [-0.1, -0.05) is 25.4 Å². The number of nitrogens with one attached hydrogen (secondary N) is 1. The predicted molar refractivity (Wildman–Crippen MR) is 198 cm³/mol. The van der Waals surface area contributed by atoms with E-state index < -0.39 is 29.4 Å². The lowest BCUT2D eigenvalue weighted by atomic mass is 9.61. The maximum atomic E-state index is 14.6. The lowest BCUT2D eigenvalue weighted by molar-refractivity contribution is -0.213. The van der Waals surface area contributed by atoms with Gasteiger partial charge in [0.1, 0.15) is 17.7 Å². The average Bonchev–Trinajstić information content (AvgIpc) is 3.01. The van der Waals surface area contributed by atoms with Crippen LogP contribution in [0, 0.1) is 37.9 Å². The van der Waals surface area contributed by atoms with Gasteiger partial charge in [0, 0.05) is 73.7 Å². The van der Waals surface area contributed by atoms with E-state index in [1.165, 1.54) is 10.6 Å². The molecular formula is C39H50ClF3N4O5. The summed E-state index contributed by atoms with van der Waals surface area (Å²) < 4.78 is 41.8. The first-order valence-electron chi connectivity index (χ1n) is 17.3. The molecular weight excluding hydrogens is 697 g/mol. The number of likely N-dealkylation sites (tertiary alicyclic amines) is 1. The lowest BCUT2D eigenvalue weighted by Gasteiger charge is -2.58. The van der Waals surface area contributed by atoms with Crippen molar-refractivity contribution in [3.05, 3.63) is 91.6 Å². The number of nitrogens with two attached hydrogens (primary N) is 1. The van der Waals surface area contributed by atoms with Gasteiger partial charge in [0.05, 0.1) is 6.42 Å². The SMILES string of the molecule is CC(C)CCC=O.CN[C@@H](CC(=O)O)c1cc(-c2c(C)cc(Cl)cc2C)cc(C)c1F.NC(=O)c1cccn(CCN2CC3(C2)CC(F)(F)C3)c1=O. The summed E-state index contributed by atoms with van der Waals surface area (Å²) in [5.41, 5.74) is 9.19. The summed E-state index contributed by atoms with van der Waals surface area (Å²) in [4.78, 5) is 45.9. The summed E-state index contributed by atoms with van der Waals surface area (Å²) in [6.07, 6.45) is 4.10. The minimum atomic E-state index is -2.49. The average molecular weight is 747 g/mol. The number of carboxylic acid groups (broad SMARTS) is 1. The van der Waals surface area contributed by atoms with Crippen LogP contribution in [0.4, 0.5) is 13.2 Å². The first-order valence-corrected chi connectivity index (χ1v) is 17.7. The molecule has 2 aromatic carbocycles. The fraction of sp³-hybridized carbons (Fsp3) is 0.487. The Hall–Kier alpha value is -4.00. The molecule has 1 spiro atoms. The fourth-order valence-corrected chi connectivity index (χ4v) is 7.31. The summed E-state index contributed by atoms with van der Waals surface area (Å²) in [7, 11) is 1.63. The smallest absolute Gasteiger partial charge is 0.305 e. The van der Waals surface area contributed by atoms with Crippen molar-refractivity contribution in [2.24, 2.45) is 17.1 Å². The molecule has 4 N–H and O–H groups in total. The van der Waals surface area contributed by atoms with Crippen LogP contribution in [0.5, 0.6) is 0 Å². The van der Waals surface area contributed by atoms with Crippen LogP contribution >= 0.6 is 11.6 Å². The largest absolute Gasteiger partial charge is 0.481 e. The molecule has 0 radical (unpaired) electrons. The lowest BCUT2D eigenvalue weighted by Crippen LogP contribution is -2.66. The highest BCUT2D eigenvalue weighted by molar-refractivity contribution is 6.30. The third-order valence-electron chi connectivity index (χ3n) is 9.36. The van der Waals surface area contributed by atoms with Crippen molar-refractivity contribution in [2.75, 3.05) is 26.7 Å². The number of halogens is 4. The van der Waals surface area contributed by atoms with Gasteiger partial charge >= 0.3 is 5.97 Å². The molecule has 5 rings (SSSR count). The zero-order valence-corrected chi connectivity index (χ0v) is 31.5. The van der Waals surface area contributed by atoms with Gasteiger partial charge in [-0.25, -0.2) is 13.2 Å². The predicted octanol–water partition coefficient (Wildman–Crippen LogP) is 7.11. The zero-order chi connectivity index (χ0) is 39.0. The number of aldehydes is 1. The van der Waals surface area contributed by atoms with Gasteiger partial charge in [-0.2, -0.15) is 0 Å². The zero-order valence-electron chi connectivity index (χ0n) is 30.7. The van der Waals surface area contributed by atoms with E-state index >= 15 is 0 Å². The molecule has 9 nitrogen and oxygen atoms in total. The number of hydrogen-bond acceptors (Lipinski definition) is 6. The second-order valence-corrected chi connectivity index (χ2v) is 14.8. The number of benzene rings is 2. The summed E-state index contributed by atoms with van der Waals surface area (Å²) in [6.45, 7) is 12.2. The number of hydrogen-bond donors (Lipinski definition) is 3. The third kappa shape index (κ3) is 11.2. The molecule has 0 bridgehead atoms. The van der Waals surface area contributed by atoms with Gasteiger partial charge in [0.25, 0.3) is 11.5 Å². The molecule has 2 aliphatic rings. The van der Waals surface area contributed by atoms with Crippen molar-refractivity contribution < 1.29 is 32.7 Å². The number of carbonyl (C=O) groups excluding carboxylic acids is 2. The summed E-state index contributed by atoms with van der Waals surface area (Å²) in [5, 5.41) is 12.6. The van der Waals surface area contributed by atoms with Crippen LogP contribution in [0.25, 0.3) is 11.1 Å². The Bertz CT molecular complexity index is 1770. The topological polar surface area (TPSA) is 135 Å². The summed E-state index contributed by atoms with van der Waals surface area (Å²) >= 11 is 6.09. The minimum Gasteiger partial charge on any atom is -0.481 e. The Labute approximate surface area is 308 Å². The van der Waals surface area contributed by atoms with E-state index in [1.807, 2.05) is 26.0 Å². The van der Waals surface area contributed by atoms with Gasteiger partial charge < -0.3 is 30.4 Å². The Morgan fingerprint density at radius 1 is 1.06 bits per heavy atom. The molecule has 2 heterocycles. The number of rotatable bonds is 12. The molecule has 52 heavy (non-hydrogen) atoms. The van der Waals surface area contributed by atoms with Crippen LogP contribution in [0.1, 0.15) is 84.6 Å². The summed E-state index contributed by atoms with van der Waals surface area (Å²) in [6, 6.07) is 9.67. The molecule has 0 unspecified atom stereocenters. The molecule has 284 valence electrons. The molecule has 2 fully saturated rings. The fourth-order valence-electron chi connectivity index (χ4n) is 6.98. The Kier molecular flexibility index (Phi) is 14.8. The monoisotopic (exact) mass is 746 g/mol. The molecule has 1 saturated heterocycles. The highest BCUT2D eigenvalue weighted by Gasteiger charge is 2.61. The van der Waals surface area contributed by atoms with Gasteiger partial charge in [-0.3, -0.25) is 14.4 Å². The highest BCUT2D eigenvalue weighted by atomic mass is 35.5. The van der Waals surface area contributed by atoms with Crippen LogP contribution in [0.15, 0.2) is 47.4 Å². The Morgan fingerprint density at radius 3 is 2.15 bits per heavy atom. The van der Waals surface area contributed by atoms with Crippen LogP contribution < -0.4 is 16.6 Å². The molecule has 1 aliphatic heterocycles. The second-order valence-electron chi connectivity index (χ2n) is 14.4. The normalized spacial score (nSPS) is 16.1. The van der Waals surface area contributed by atoms with Crippen molar-refractivity contribution in [3.63, 3.8) is 0 Å². The second kappa shape index (κ2) is 18.2. The number of pyridine rings is 1. The van der Waals surface area contributed by atoms with E-state index in [2.05, 4.69) is 24.1 Å². The number of aliphatic carboxylic acids is 1.